The normalized spacial score (nSPS) is 10.5. The van der Waals surface area contributed by atoms with Crippen LogP contribution >= 0.6 is 39.0 Å². The van der Waals surface area contributed by atoms with Gasteiger partial charge in [0.25, 0.3) is 0 Å². The van der Waals surface area contributed by atoms with E-state index in [0.717, 1.165) is 31.0 Å². The standard InChI is InChI=1S/C12H14BrN3OS2/c1-16(2)11-14-15-12(19-11)18-7-8-6-9(13)4-5-10(8)17-3/h4-6H,7H2,1-3H3. The maximum Gasteiger partial charge on any atom is 0.208 e. The van der Waals surface area contributed by atoms with Gasteiger partial charge in [-0.05, 0) is 18.2 Å². The molecule has 0 bridgehead atoms. The lowest BCUT2D eigenvalue weighted by atomic mass is 10.2. The van der Waals surface area contributed by atoms with Gasteiger partial charge in [0.05, 0.1) is 7.11 Å². The van der Waals surface area contributed by atoms with Crippen LogP contribution in [0.25, 0.3) is 0 Å². The fraction of sp³-hybridized carbons (Fsp3) is 0.333. The van der Waals surface area contributed by atoms with E-state index < -0.39 is 0 Å². The number of aromatic nitrogens is 2. The van der Waals surface area contributed by atoms with Gasteiger partial charge in [-0.2, -0.15) is 0 Å². The summed E-state index contributed by atoms with van der Waals surface area (Å²) in [5.41, 5.74) is 1.14. The summed E-state index contributed by atoms with van der Waals surface area (Å²) in [6.07, 6.45) is 0. The minimum atomic E-state index is 0.810. The fourth-order valence-corrected chi connectivity index (χ4v) is 3.59. The second-order valence-electron chi connectivity index (χ2n) is 3.99. The maximum absolute atomic E-state index is 5.36. The van der Waals surface area contributed by atoms with Gasteiger partial charge in [-0.15, -0.1) is 10.2 Å². The van der Waals surface area contributed by atoms with Crippen LogP contribution < -0.4 is 9.64 Å². The molecule has 2 aromatic rings. The highest BCUT2D eigenvalue weighted by Gasteiger charge is 2.09. The van der Waals surface area contributed by atoms with Crippen LogP contribution in [0.3, 0.4) is 0 Å². The van der Waals surface area contributed by atoms with Gasteiger partial charge in [0, 0.05) is 29.9 Å². The lowest BCUT2D eigenvalue weighted by Crippen LogP contribution is -2.07. The van der Waals surface area contributed by atoms with E-state index in [-0.39, 0.29) is 0 Å². The Kier molecular flexibility index (Phi) is 5.06. The van der Waals surface area contributed by atoms with Crippen molar-refractivity contribution >= 4 is 44.2 Å². The molecule has 1 heterocycles. The summed E-state index contributed by atoms with van der Waals surface area (Å²) >= 11 is 6.74. The first-order valence-corrected chi connectivity index (χ1v) is 8.15. The number of rotatable bonds is 5. The Labute approximate surface area is 129 Å². The van der Waals surface area contributed by atoms with Crippen LogP contribution in [0, 0.1) is 0 Å². The molecule has 0 saturated carbocycles. The number of methoxy groups -OCH3 is 1. The van der Waals surface area contributed by atoms with Crippen LogP contribution in [0.1, 0.15) is 5.56 Å². The number of hydrogen-bond donors (Lipinski definition) is 0. The van der Waals surface area contributed by atoms with Gasteiger partial charge in [-0.25, -0.2) is 0 Å². The van der Waals surface area contributed by atoms with E-state index >= 15 is 0 Å². The summed E-state index contributed by atoms with van der Waals surface area (Å²) in [5.74, 6) is 1.71. The highest BCUT2D eigenvalue weighted by Crippen LogP contribution is 2.33. The van der Waals surface area contributed by atoms with Crippen molar-refractivity contribution in [3.63, 3.8) is 0 Å². The molecule has 1 aromatic carbocycles. The molecule has 4 nitrogen and oxygen atoms in total. The van der Waals surface area contributed by atoms with Crippen molar-refractivity contribution in [3.05, 3.63) is 28.2 Å². The second-order valence-corrected chi connectivity index (χ2v) is 7.08. The fourth-order valence-electron chi connectivity index (χ4n) is 1.44. The first-order valence-electron chi connectivity index (χ1n) is 5.56. The zero-order valence-corrected chi connectivity index (χ0v) is 14.1. The maximum atomic E-state index is 5.36. The Balaban J connectivity index is 2.07. The molecule has 0 spiro atoms. The van der Waals surface area contributed by atoms with Crippen molar-refractivity contribution in [1.82, 2.24) is 10.2 Å². The van der Waals surface area contributed by atoms with Crippen molar-refractivity contribution in [2.24, 2.45) is 0 Å². The van der Waals surface area contributed by atoms with Crippen LogP contribution in [0.5, 0.6) is 5.75 Å². The van der Waals surface area contributed by atoms with Crippen molar-refractivity contribution in [2.75, 3.05) is 26.1 Å². The van der Waals surface area contributed by atoms with Gasteiger partial charge in [0.15, 0.2) is 4.34 Å². The molecule has 2 rings (SSSR count). The van der Waals surface area contributed by atoms with E-state index in [0.29, 0.717) is 0 Å². The van der Waals surface area contributed by atoms with Crippen LogP contribution in [0.15, 0.2) is 27.0 Å². The Morgan fingerprint density at radius 2 is 2.16 bits per heavy atom. The van der Waals surface area contributed by atoms with Crippen molar-refractivity contribution < 1.29 is 4.74 Å². The quantitative estimate of drug-likeness (QED) is 0.761. The molecule has 0 amide bonds. The highest BCUT2D eigenvalue weighted by molar-refractivity contribution is 9.10. The predicted octanol–water partition coefficient (Wildman–Crippen LogP) is 3.67. The SMILES string of the molecule is COc1ccc(Br)cc1CSc1nnc(N(C)C)s1. The molecule has 0 aliphatic rings. The Morgan fingerprint density at radius 3 is 2.79 bits per heavy atom. The molecule has 1 aromatic heterocycles. The number of hydrogen-bond acceptors (Lipinski definition) is 6. The van der Waals surface area contributed by atoms with Crippen LogP contribution in [0.4, 0.5) is 5.13 Å². The van der Waals surface area contributed by atoms with Crippen LogP contribution in [-0.4, -0.2) is 31.4 Å². The highest BCUT2D eigenvalue weighted by atomic mass is 79.9. The smallest absolute Gasteiger partial charge is 0.208 e. The van der Waals surface area contributed by atoms with E-state index in [1.165, 1.54) is 0 Å². The number of ether oxygens (including phenoxy) is 1. The Hall–Kier alpha value is -0.790. The molecule has 0 fully saturated rings. The van der Waals surface area contributed by atoms with Crippen molar-refractivity contribution in [1.29, 1.82) is 0 Å². The second kappa shape index (κ2) is 6.58. The molecule has 102 valence electrons. The summed E-state index contributed by atoms with van der Waals surface area (Å²) in [6.45, 7) is 0. The number of nitrogens with zero attached hydrogens (tertiary/aromatic N) is 3. The zero-order chi connectivity index (χ0) is 13.8. The van der Waals surface area contributed by atoms with E-state index in [9.17, 15) is 0 Å². The minimum Gasteiger partial charge on any atom is -0.496 e. The average Bonchev–Trinajstić information content (AvgIpc) is 2.85. The summed E-state index contributed by atoms with van der Waals surface area (Å²) in [6, 6.07) is 6.01. The van der Waals surface area contributed by atoms with Crippen molar-refractivity contribution in [2.45, 2.75) is 10.1 Å². The molecule has 7 heteroatoms. The van der Waals surface area contributed by atoms with Gasteiger partial charge >= 0.3 is 0 Å². The van der Waals surface area contributed by atoms with E-state index in [1.807, 2.05) is 31.1 Å². The predicted molar refractivity (Wildman–Crippen MR) is 84.5 cm³/mol. The Bertz CT molecular complexity index is 560. The van der Waals surface area contributed by atoms with Crippen LogP contribution in [-0.2, 0) is 5.75 Å². The molecular formula is C12H14BrN3OS2. The van der Waals surface area contributed by atoms with Gasteiger partial charge in [-0.1, -0.05) is 39.0 Å². The molecule has 0 atom stereocenters. The third-order valence-electron chi connectivity index (χ3n) is 2.37. The summed E-state index contributed by atoms with van der Waals surface area (Å²) in [4.78, 5) is 1.96. The molecule has 19 heavy (non-hydrogen) atoms. The first-order chi connectivity index (χ1) is 9.10. The third-order valence-corrected chi connectivity index (χ3v) is 5.14. The zero-order valence-electron chi connectivity index (χ0n) is 10.9. The molecule has 0 saturated heterocycles. The monoisotopic (exact) mass is 359 g/mol. The molecule has 0 aliphatic carbocycles. The van der Waals surface area contributed by atoms with Crippen LogP contribution in [0.2, 0.25) is 0 Å². The lowest BCUT2D eigenvalue weighted by molar-refractivity contribution is 0.411. The van der Waals surface area contributed by atoms with E-state index in [1.54, 1.807) is 30.2 Å². The summed E-state index contributed by atoms with van der Waals surface area (Å²) < 4.78 is 7.37. The third kappa shape index (κ3) is 3.84. The average molecular weight is 360 g/mol. The Morgan fingerprint density at radius 1 is 1.37 bits per heavy atom. The molecule has 0 aliphatic heterocycles. The molecular weight excluding hydrogens is 346 g/mol. The van der Waals surface area contributed by atoms with E-state index in [2.05, 4.69) is 32.2 Å². The van der Waals surface area contributed by atoms with Gasteiger partial charge in [0.2, 0.25) is 5.13 Å². The largest absolute Gasteiger partial charge is 0.496 e. The van der Waals surface area contributed by atoms with Gasteiger partial charge in [-0.3, -0.25) is 0 Å². The van der Waals surface area contributed by atoms with Crippen molar-refractivity contribution in [3.8, 4) is 5.75 Å². The van der Waals surface area contributed by atoms with Gasteiger partial charge in [0.1, 0.15) is 5.75 Å². The molecule has 0 unspecified atom stereocenters. The number of thioether (sulfide) groups is 1. The minimum absolute atomic E-state index is 0.810. The summed E-state index contributed by atoms with van der Waals surface area (Å²) in [7, 11) is 5.62. The molecule has 0 radical (unpaired) electrons. The first kappa shape index (κ1) is 14.6. The molecule has 0 N–H and O–H groups in total. The van der Waals surface area contributed by atoms with Gasteiger partial charge < -0.3 is 9.64 Å². The topological polar surface area (TPSA) is 38.3 Å². The number of benzene rings is 1. The number of anilines is 1. The summed E-state index contributed by atoms with van der Waals surface area (Å²) in [5, 5.41) is 9.21. The number of halogens is 1. The lowest BCUT2D eigenvalue weighted by Gasteiger charge is -2.07. The van der Waals surface area contributed by atoms with E-state index in [4.69, 9.17) is 4.74 Å².